The zero-order valence-corrected chi connectivity index (χ0v) is 34.0. The van der Waals surface area contributed by atoms with E-state index in [1.165, 1.54) is 44.5 Å². The van der Waals surface area contributed by atoms with Gasteiger partial charge in [-0.3, -0.25) is 0 Å². The molecule has 5 heteroatoms. The van der Waals surface area contributed by atoms with Crippen molar-refractivity contribution < 1.29 is 4.42 Å². The Bertz CT molecular complexity index is 3500. The second kappa shape index (κ2) is 13.8. The lowest BCUT2D eigenvalue weighted by Crippen LogP contribution is -2.26. The Hall–Kier alpha value is -8.41. The number of para-hydroxylation sites is 5. The number of benzene rings is 9. The zero-order valence-electron chi connectivity index (χ0n) is 34.0. The summed E-state index contributed by atoms with van der Waals surface area (Å²) in [5, 5.41) is 0. The normalized spacial score (nSPS) is 12.9. The van der Waals surface area contributed by atoms with Crippen LogP contribution in [0, 0.1) is 0 Å². The highest BCUT2D eigenvalue weighted by molar-refractivity contribution is 5.97. The number of oxazole rings is 1. The molecule has 63 heavy (non-hydrogen) atoms. The van der Waals surface area contributed by atoms with Crippen LogP contribution in [-0.2, 0) is 5.41 Å². The monoisotopic (exact) mass is 804 g/mol. The molecule has 1 spiro atoms. The lowest BCUT2D eigenvalue weighted by molar-refractivity contribution is 0.619. The molecule has 2 aromatic heterocycles. The minimum Gasteiger partial charge on any atom is -0.436 e. The predicted octanol–water partition coefficient (Wildman–Crippen LogP) is 14.6. The molecular formula is C58H36N4O. The molecule has 5 nitrogen and oxygen atoms in total. The Kier molecular flexibility index (Phi) is 7.75. The topological polar surface area (TPSA) is 55.1 Å². The van der Waals surface area contributed by atoms with Crippen LogP contribution in [0.3, 0.4) is 0 Å². The first kappa shape index (κ1) is 35.4. The molecule has 11 aromatic rings. The van der Waals surface area contributed by atoms with Gasteiger partial charge in [-0.15, -0.1) is 0 Å². The van der Waals surface area contributed by atoms with E-state index in [0.717, 1.165) is 67.3 Å². The zero-order chi connectivity index (χ0) is 41.5. The summed E-state index contributed by atoms with van der Waals surface area (Å²) >= 11 is 0. The summed E-state index contributed by atoms with van der Waals surface area (Å²) in [6.07, 6.45) is 0. The van der Waals surface area contributed by atoms with Crippen LogP contribution in [0.15, 0.2) is 223 Å². The number of anilines is 3. The minimum absolute atomic E-state index is 0.579. The summed E-state index contributed by atoms with van der Waals surface area (Å²) in [6.45, 7) is 0. The summed E-state index contributed by atoms with van der Waals surface area (Å²) in [7, 11) is 0. The number of hydrogen-bond donors (Lipinski definition) is 0. The van der Waals surface area contributed by atoms with E-state index >= 15 is 0 Å². The van der Waals surface area contributed by atoms with Crippen molar-refractivity contribution in [2.24, 2.45) is 0 Å². The van der Waals surface area contributed by atoms with Crippen molar-refractivity contribution in [3.05, 3.63) is 241 Å². The number of nitrogens with zero attached hydrogens (tertiary/aromatic N) is 4. The number of fused-ring (bicyclic) bond motifs is 12. The molecule has 294 valence electrons. The standard InChI is InChI=1S/C58H36N4O/c1-3-15-37(16-4-1)55-56(60-52-24-12-11-23-51(52)59-55)38-27-30-41(31-28-38)62(40-17-5-2-6-18-40)42-32-34-46-45-33-29-39(57-61-53-25-13-14-26-54(53)63-57)35-49(45)58(50(46)36-42)47-21-9-7-19-43(47)44-20-8-10-22-48(44)58/h1-36H. The summed E-state index contributed by atoms with van der Waals surface area (Å²) in [5.41, 5.74) is 20.6. The smallest absolute Gasteiger partial charge is 0.227 e. The van der Waals surface area contributed by atoms with Crippen molar-refractivity contribution in [3.8, 4) is 56.2 Å². The van der Waals surface area contributed by atoms with Crippen LogP contribution in [0.2, 0.25) is 0 Å². The van der Waals surface area contributed by atoms with E-state index in [0.29, 0.717) is 5.89 Å². The molecule has 2 aliphatic carbocycles. The van der Waals surface area contributed by atoms with Crippen molar-refractivity contribution in [2.75, 3.05) is 4.90 Å². The van der Waals surface area contributed by atoms with Crippen LogP contribution in [0.25, 0.3) is 78.4 Å². The molecule has 2 heterocycles. The first-order valence-corrected chi connectivity index (χ1v) is 21.3. The average Bonchev–Trinajstić information content (AvgIpc) is 4.01. The molecule has 0 saturated carbocycles. The largest absolute Gasteiger partial charge is 0.436 e. The quantitative estimate of drug-likeness (QED) is 0.168. The van der Waals surface area contributed by atoms with Gasteiger partial charge in [-0.2, -0.15) is 0 Å². The molecule has 0 amide bonds. The first-order chi connectivity index (χ1) is 31.2. The molecule has 0 radical (unpaired) electrons. The maximum Gasteiger partial charge on any atom is 0.227 e. The van der Waals surface area contributed by atoms with Gasteiger partial charge >= 0.3 is 0 Å². The molecule has 0 N–H and O–H groups in total. The predicted molar refractivity (Wildman–Crippen MR) is 254 cm³/mol. The molecule has 0 fully saturated rings. The van der Waals surface area contributed by atoms with Gasteiger partial charge in [0.05, 0.1) is 27.8 Å². The van der Waals surface area contributed by atoms with E-state index < -0.39 is 5.41 Å². The van der Waals surface area contributed by atoms with E-state index in [1.807, 2.05) is 54.6 Å². The Morgan fingerprint density at radius 3 is 1.48 bits per heavy atom. The number of rotatable bonds is 6. The van der Waals surface area contributed by atoms with Crippen LogP contribution in [-0.4, -0.2) is 15.0 Å². The van der Waals surface area contributed by atoms with Gasteiger partial charge in [0.2, 0.25) is 5.89 Å². The fourth-order valence-electron chi connectivity index (χ4n) is 10.2. The van der Waals surface area contributed by atoms with Crippen LogP contribution in [0.5, 0.6) is 0 Å². The summed E-state index contributed by atoms with van der Waals surface area (Å²) < 4.78 is 6.39. The second-order valence-electron chi connectivity index (χ2n) is 16.3. The molecule has 2 aliphatic rings. The Morgan fingerprint density at radius 2 is 0.810 bits per heavy atom. The minimum atomic E-state index is -0.579. The highest BCUT2D eigenvalue weighted by Gasteiger charge is 2.52. The van der Waals surface area contributed by atoms with E-state index in [1.54, 1.807) is 0 Å². The highest BCUT2D eigenvalue weighted by atomic mass is 16.3. The molecule has 0 aliphatic heterocycles. The number of hydrogen-bond acceptors (Lipinski definition) is 5. The maximum absolute atomic E-state index is 6.39. The van der Waals surface area contributed by atoms with Gasteiger partial charge in [0.15, 0.2) is 5.58 Å². The maximum atomic E-state index is 6.39. The van der Waals surface area contributed by atoms with Gasteiger partial charge in [-0.05, 0) is 117 Å². The van der Waals surface area contributed by atoms with Crippen molar-refractivity contribution >= 4 is 39.2 Å². The molecule has 9 aromatic carbocycles. The van der Waals surface area contributed by atoms with E-state index in [9.17, 15) is 0 Å². The molecule has 0 saturated heterocycles. The average molecular weight is 805 g/mol. The van der Waals surface area contributed by atoms with Crippen LogP contribution in [0.4, 0.5) is 17.1 Å². The van der Waals surface area contributed by atoms with Gasteiger partial charge in [0.1, 0.15) is 5.52 Å². The molecule has 0 bridgehead atoms. The third kappa shape index (κ3) is 5.33. The van der Waals surface area contributed by atoms with Gasteiger partial charge < -0.3 is 9.32 Å². The van der Waals surface area contributed by atoms with E-state index in [4.69, 9.17) is 19.4 Å². The fourth-order valence-corrected chi connectivity index (χ4v) is 10.2. The Balaban J connectivity index is 0.997. The second-order valence-corrected chi connectivity index (χ2v) is 16.3. The Labute approximate surface area is 364 Å². The lowest BCUT2D eigenvalue weighted by Gasteiger charge is -2.32. The van der Waals surface area contributed by atoms with Gasteiger partial charge in [-0.1, -0.05) is 146 Å². The van der Waals surface area contributed by atoms with Crippen LogP contribution in [0.1, 0.15) is 22.3 Å². The molecule has 13 rings (SSSR count). The Morgan fingerprint density at radius 1 is 0.333 bits per heavy atom. The van der Waals surface area contributed by atoms with Crippen LogP contribution >= 0.6 is 0 Å². The van der Waals surface area contributed by atoms with E-state index in [2.05, 4.69) is 169 Å². The highest BCUT2D eigenvalue weighted by Crippen LogP contribution is 2.63. The number of aromatic nitrogens is 3. The summed E-state index contributed by atoms with van der Waals surface area (Å²) in [6, 6.07) is 77.5. The van der Waals surface area contributed by atoms with Crippen molar-refractivity contribution in [2.45, 2.75) is 5.41 Å². The summed E-state index contributed by atoms with van der Waals surface area (Å²) in [5.74, 6) is 0.620. The third-order valence-electron chi connectivity index (χ3n) is 12.9. The molecular weight excluding hydrogens is 769 g/mol. The first-order valence-electron chi connectivity index (χ1n) is 21.3. The van der Waals surface area contributed by atoms with Crippen LogP contribution < -0.4 is 4.90 Å². The third-order valence-corrected chi connectivity index (χ3v) is 12.9. The summed E-state index contributed by atoms with van der Waals surface area (Å²) in [4.78, 5) is 17.6. The molecule has 0 atom stereocenters. The fraction of sp³-hybridized carbons (Fsp3) is 0.0172. The molecule has 0 unspecified atom stereocenters. The van der Waals surface area contributed by atoms with Crippen molar-refractivity contribution in [3.63, 3.8) is 0 Å². The SMILES string of the molecule is c1ccc(-c2nc3ccccc3nc2-c2ccc(N(c3ccccc3)c3ccc4c(c3)C3(c5ccccc5-c5ccccc53)c3cc(-c5nc6ccccc6o5)ccc3-4)cc2)cc1. The van der Waals surface area contributed by atoms with Crippen molar-refractivity contribution in [1.29, 1.82) is 0 Å². The van der Waals surface area contributed by atoms with E-state index in [-0.39, 0.29) is 0 Å². The van der Waals surface area contributed by atoms with Gasteiger partial charge in [0, 0.05) is 33.8 Å². The van der Waals surface area contributed by atoms with Gasteiger partial charge in [0.25, 0.3) is 0 Å². The van der Waals surface area contributed by atoms with Gasteiger partial charge in [-0.25, -0.2) is 15.0 Å². The van der Waals surface area contributed by atoms with Crippen molar-refractivity contribution in [1.82, 2.24) is 15.0 Å². The lowest BCUT2D eigenvalue weighted by atomic mass is 9.70.